The van der Waals surface area contributed by atoms with Gasteiger partial charge in [-0.1, -0.05) is 44.2 Å². The van der Waals surface area contributed by atoms with Crippen molar-refractivity contribution < 1.29 is 4.74 Å². The van der Waals surface area contributed by atoms with E-state index < -0.39 is 0 Å². The van der Waals surface area contributed by atoms with Gasteiger partial charge in [0.15, 0.2) is 0 Å². The molecule has 0 aliphatic rings. The molecule has 2 aromatic heterocycles. The number of ether oxygens (including phenoxy) is 1. The zero-order valence-corrected chi connectivity index (χ0v) is 19.5. The number of fused-ring (bicyclic) bond motifs is 2. The number of pyridine rings is 1. The Morgan fingerprint density at radius 3 is 2.21 bits per heavy atom. The van der Waals surface area contributed by atoms with E-state index in [0.29, 0.717) is 0 Å². The van der Waals surface area contributed by atoms with Gasteiger partial charge in [-0.2, -0.15) is 0 Å². The lowest BCUT2D eigenvalue weighted by Gasteiger charge is -2.12. The first-order valence-corrected chi connectivity index (χ1v) is 11.5. The Morgan fingerprint density at radius 1 is 0.697 bits per heavy atom. The van der Waals surface area contributed by atoms with Crippen molar-refractivity contribution in [2.24, 2.45) is 0 Å². The van der Waals surface area contributed by atoms with Crippen LogP contribution in [0, 0.1) is 6.92 Å². The summed E-state index contributed by atoms with van der Waals surface area (Å²) >= 11 is 0. The molecule has 4 heteroatoms. The highest BCUT2D eigenvalue weighted by atomic mass is 16.5. The van der Waals surface area contributed by atoms with Crippen LogP contribution in [-0.2, 0) is 6.42 Å². The summed E-state index contributed by atoms with van der Waals surface area (Å²) in [5.74, 6) is 0.994. The van der Waals surface area contributed by atoms with Crippen LogP contribution < -0.4 is 4.74 Å². The van der Waals surface area contributed by atoms with E-state index in [1.54, 1.807) is 12.4 Å². The molecule has 0 aliphatic heterocycles. The van der Waals surface area contributed by atoms with Crippen LogP contribution >= 0.6 is 0 Å². The molecule has 0 saturated carbocycles. The molecular formula is C29H29N3O. The van der Waals surface area contributed by atoms with Gasteiger partial charge in [0, 0.05) is 24.0 Å². The Kier molecular flexibility index (Phi) is 7.26. The van der Waals surface area contributed by atoms with Crippen LogP contribution in [0.4, 0.5) is 0 Å². The smallest absolute Gasteiger partial charge is 0.122 e. The van der Waals surface area contributed by atoms with Crippen molar-refractivity contribution in [2.75, 3.05) is 6.61 Å². The highest BCUT2D eigenvalue weighted by molar-refractivity contribution is 5.82. The second kappa shape index (κ2) is 10.7. The summed E-state index contributed by atoms with van der Waals surface area (Å²) in [4.78, 5) is 12.9. The van der Waals surface area contributed by atoms with Gasteiger partial charge in [-0.05, 0) is 78.4 Å². The highest BCUT2D eigenvalue weighted by Crippen LogP contribution is 2.28. The minimum atomic E-state index is 0.762. The van der Waals surface area contributed by atoms with Gasteiger partial charge in [-0.25, -0.2) is 0 Å². The molecule has 0 N–H and O–H groups in total. The number of aryl methyl sites for hydroxylation is 2. The molecule has 4 nitrogen and oxygen atoms in total. The van der Waals surface area contributed by atoms with E-state index in [9.17, 15) is 0 Å². The van der Waals surface area contributed by atoms with Crippen LogP contribution in [0.1, 0.15) is 31.4 Å². The summed E-state index contributed by atoms with van der Waals surface area (Å²) in [7, 11) is 0. The average Bonchev–Trinajstić information content (AvgIpc) is 2.88. The van der Waals surface area contributed by atoms with E-state index in [2.05, 4.69) is 72.1 Å². The van der Waals surface area contributed by atoms with Gasteiger partial charge in [-0.15, -0.1) is 0 Å². The van der Waals surface area contributed by atoms with Gasteiger partial charge < -0.3 is 4.74 Å². The van der Waals surface area contributed by atoms with E-state index in [1.165, 1.54) is 22.1 Å². The van der Waals surface area contributed by atoms with Gasteiger partial charge in [0.05, 0.1) is 23.2 Å². The fraction of sp³-hybridized carbons (Fsp3) is 0.207. The molecule has 0 radical (unpaired) electrons. The highest BCUT2D eigenvalue weighted by Gasteiger charge is 2.06. The molecule has 0 aliphatic carbocycles. The van der Waals surface area contributed by atoms with Crippen molar-refractivity contribution in [3.8, 4) is 16.9 Å². The van der Waals surface area contributed by atoms with Gasteiger partial charge in [0.1, 0.15) is 5.75 Å². The van der Waals surface area contributed by atoms with E-state index in [0.717, 1.165) is 47.3 Å². The van der Waals surface area contributed by atoms with Gasteiger partial charge in [0.25, 0.3) is 0 Å². The summed E-state index contributed by atoms with van der Waals surface area (Å²) in [6.45, 7) is 7.14. The maximum absolute atomic E-state index is 5.82. The molecule has 0 saturated heterocycles. The molecule has 0 amide bonds. The predicted octanol–water partition coefficient (Wildman–Crippen LogP) is 7.19. The summed E-state index contributed by atoms with van der Waals surface area (Å²) in [5.41, 5.74) is 7.79. The number of nitrogens with zero attached hydrogens (tertiary/aromatic N) is 3. The van der Waals surface area contributed by atoms with Crippen LogP contribution in [0.25, 0.3) is 33.1 Å². The largest absolute Gasteiger partial charge is 0.493 e. The monoisotopic (exact) mass is 435 g/mol. The van der Waals surface area contributed by atoms with E-state index >= 15 is 0 Å². The van der Waals surface area contributed by atoms with Crippen LogP contribution in [0.15, 0.2) is 85.3 Å². The molecule has 166 valence electrons. The number of hydrogen-bond acceptors (Lipinski definition) is 4. The maximum atomic E-state index is 5.82. The normalized spacial score (nSPS) is 10.6. The number of rotatable bonds is 5. The molecule has 0 spiro atoms. The maximum Gasteiger partial charge on any atom is 0.122 e. The van der Waals surface area contributed by atoms with Crippen LogP contribution in [-0.4, -0.2) is 21.6 Å². The molecule has 5 rings (SSSR count). The Morgan fingerprint density at radius 2 is 1.42 bits per heavy atom. The first-order chi connectivity index (χ1) is 16.2. The Hall–Kier alpha value is -3.79. The topological polar surface area (TPSA) is 47.9 Å². The van der Waals surface area contributed by atoms with Gasteiger partial charge in [-0.3, -0.25) is 15.0 Å². The fourth-order valence-electron chi connectivity index (χ4n) is 3.77. The molecule has 0 fully saturated rings. The lowest BCUT2D eigenvalue weighted by molar-refractivity contribution is 0.314. The molecule has 2 heterocycles. The van der Waals surface area contributed by atoms with E-state index in [4.69, 9.17) is 4.74 Å². The molecule has 5 aromatic rings. The van der Waals surface area contributed by atoms with E-state index in [-0.39, 0.29) is 0 Å². The second-order valence-corrected chi connectivity index (χ2v) is 7.93. The Labute approximate surface area is 195 Å². The summed E-state index contributed by atoms with van der Waals surface area (Å²) < 4.78 is 5.82. The molecule has 0 atom stereocenters. The first kappa shape index (κ1) is 22.4. The summed E-state index contributed by atoms with van der Waals surface area (Å²) in [6.07, 6.45) is 7.27. The lowest BCUT2D eigenvalue weighted by Crippen LogP contribution is -1.98. The number of hydrogen-bond donors (Lipinski definition) is 0. The predicted molar refractivity (Wildman–Crippen MR) is 137 cm³/mol. The second-order valence-electron chi connectivity index (χ2n) is 7.93. The van der Waals surface area contributed by atoms with Gasteiger partial charge >= 0.3 is 0 Å². The minimum absolute atomic E-state index is 0.762. The van der Waals surface area contributed by atoms with Crippen molar-refractivity contribution in [1.29, 1.82) is 0 Å². The summed E-state index contributed by atoms with van der Waals surface area (Å²) in [5, 5.41) is 1.25. The lowest BCUT2D eigenvalue weighted by atomic mass is 10.0. The van der Waals surface area contributed by atoms with Crippen molar-refractivity contribution in [3.63, 3.8) is 0 Å². The standard InChI is InChI=1S/C19H20N2O.C10H9N/c1-3-11-22-19-8-6-15(12-14(19)4-2)16-5-7-17-18(13-16)21-10-9-20-17;1-8-6-7-11-10-5-3-2-4-9(8)10/h5-10,12-13H,3-4,11H2,1-2H3;2-7H,1H3. The minimum Gasteiger partial charge on any atom is -0.493 e. The van der Waals surface area contributed by atoms with Gasteiger partial charge in [0.2, 0.25) is 0 Å². The fourth-order valence-corrected chi connectivity index (χ4v) is 3.77. The van der Waals surface area contributed by atoms with Crippen molar-refractivity contribution >= 4 is 21.9 Å². The average molecular weight is 436 g/mol. The number of benzene rings is 3. The van der Waals surface area contributed by atoms with E-state index in [1.807, 2.05) is 36.5 Å². The Bertz CT molecular complexity index is 1360. The van der Waals surface area contributed by atoms with Crippen molar-refractivity contribution in [2.45, 2.75) is 33.6 Å². The quantitative estimate of drug-likeness (QED) is 0.293. The van der Waals surface area contributed by atoms with Crippen LogP contribution in [0.5, 0.6) is 5.75 Å². The van der Waals surface area contributed by atoms with Crippen LogP contribution in [0.2, 0.25) is 0 Å². The third-order valence-electron chi connectivity index (χ3n) is 5.57. The SMILES string of the molecule is CCCOc1ccc(-c2ccc3nccnc3c2)cc1CC.Cc1ccnc2ccccc12. The van der Waals surface area contributed by atoms with Crippen molar-refractivity contribution in [3.05, 3.63) is 96.4 Å². The zero-order chi connectivity index (χ0) is 23.0. The van der Waals surface area contributed by atoms with Crippen LogP contribution in [0.3, 0.4) is 0 Å². The first-order valence-electron chi connectivity index (χ1n) is 11.5. The van der Waals surface area contributed by atoms with Crippen molar-refractivity contribution in [1.82, 2.24) is 15.0 Å². The number of aromatic nitrogens is 3. The molecule has 33 heavy (non-hydrogen) atoms. The Balaban J connectivity index is 0.000000196. The number of para-hydroxylation sites is 1. The third-order valence-corrected chi connectivity index (χ3v) is 5.57. The zero-order valence-electron chi connectivity index (χ0n) is 19.5. The molecular weight excluding hydrogens is 406 g/mol. The molecule has 0 bridgehead atoms. The summed E-state index contributed by atoms with van der Waals surface area (Å²) in [6, 6.07) is 22.8. The third kappa shape index (κ3) is 5.35. The molecule has 0 unspecified atom stereocenters. The molecule has 3 aromatic carbocycles.